The second-order valence-corrected chi connectivity index (χ2v) is 12.8. The van der Waals surface area contributed by atoms with Gasteiger partial charge in [-0.1, -0.05) is 72.2 Å². The second-order valence-electron chi connectivity index (χ2n) is 10.2. The van der Waals surface area contributed by atoms with E-state index in [0.29, 0.717) is 16.9 Å². The summed E-state index contributed by atoms with van der Waals surface area (Å²) in [4.78, 5) is 14.1. The van der Waals surface area contributed by atoms with E-state index in [1.165, 1.54) is 14.2 Å². The van der Waals surface area contributed by atoms with Gasteiger partial charge in [0.2, 0.25) is 5.91 Å². The van der Waals surface area contributed by atoms with Crippen LogP contribution in [0.15, 0.2) is 71.2 Å². The number of amides is 1. The normalized spacial score (nSPS) is 26.3. The quantitative estimate of drug-likeness (QED) is 0.318. The molecule has 0 saturated heterocycles. The van der Waals surface area contributed by atoms with Gasteiger partial charge in [0, 0.05) is 35.6 Å². The Labute approximate surface area is 253 Å². The van der Waals surface area contributed by atoms with Crippen LogP contribution in [0.3, 0.4) is 0 Å². The predicted molar refractivity (Wildman–Crippen MR) is 159 cm³/mol. The zero-order chi connectivity index (χ0) is 30.4. The molecule has 3 aromatic carbocycles. The largest absolute Gasteiger partial charge is 0.496 e. The highest BCUT2D eigenvalue weighted by atomic mass is 79.9. The average molecular weight is 662 g/mol. The maximum atomic E-state index is 14.1. The van der Waals surface area contributed by atoms with Gasteiger partial charge in [-0.2, -0.15) is 12.7 Å². The first-order valence-electron chi connectivity index (χ1n) is 13.5. The smallest absolute Gasteiger partial charge is 0.303 e. The van der Waals surface area contributed by atoms with Crippen molar-refractivity contribution in [2.75, 3.05) is 27.3 Å². The van der Waals surface area contributed by atoms with Crippen molar-refractivity contribution in [1.82, 2.24) is 9.03 Å². The van der Waals surface area contributed by atoms with Gasteiger partial charge in [0.15, 0.2) is 11.2 Å². The monoisotopic (exact) mass is 660 g/mol. The molecule has 5 atom stereocenters. The van der Waals surface area contributed by atoms with Crippen molar-refractivity contribution in [3.05, 3.63) is 87.9 Å². The summed E-state index contributed by atoms with van der Waals surface area (Å²) in [5.74, 6) is -2.73. The summed E-state index contributed by atoms with van der Waals surface area (Å²) in [5.41, 5.74) is -2.93. The molecular formula is C30H33BrN2O8S. The Morgan fingerprint density at radius 2 is 1.69 bits per heavy atom. The van der Waals surface area contributed by atoms with Crippen molar-refractivity contribution in [1.29, 1.82) is 0 Å². The number of halogens is 1. The number of nitrogens with zero attached hydrogens (tertiary/aromatic N) is 1. The van der Waals surface area contributed by atoms with Crippen LogP contribution in [-0.2, 0) is 26.2 Å². The maximum absolute atomic E-state index is 14.1. The molecule has 1 amide bonds. The molecule has 0 bridgehead atoms. The molecule has 1 aliphatic carbocycles. The fourth-order valence-electron chi connectivity index (χ4n) is 6.48. The third-order valence-corrected chi connectivity index (χ3v) is 10.5. The zero-order valence-electron chi connectivity index (χ0n) is 23.6. The summed E-state index contributed by atoms with van der Waals surface area (Å²) in [7, 11) is -1.36. The number of aliphatic hydroxyl groups is 2. The van der Waals surface area contributed by atoms with Gasteiger partial charge in [-0.05, 0) is 23.3 Å². The Morgan fingerprint density at radius 3 is 2.26 bits per heavy atom. The maximum Gasteiger partial charge on any atom is 0.303 e. The zero-order valence-corrected chi connectivity index (χ0v) is 26.0. The fraction of sp³-hybridized carbons (Fsp3) is 0.367. The van der Waals surface area contributed by atoms with Crippen molar-refractivity contribution in [3.8, 4) is 17.2 Å². The lowest BCUT2D eigenvalue weighted by Gasteiger charge is -2.40. The highest BCUT2D eigenvalue weighted by Crippen LogP contribution is 2.70. The standard InChI is InChI=1S/C30H33BrN2O8S/c1-5-33(6-2)42(37,38)32-28(35)24-25(18-10-8-7-9-11-18)30(19-12-14-20(31)15-13-19)29(36,27(24)34)26-22(40-4)16-21(39-3)17-23(26)41-30/h7-17,24-25,27,34,36H,5-6H2,1-4H3,(H,32,35)/t24-,25-,27-,29+,30+/m1/s1. The Morgan fingerprint density at radius 1 is 1.05 bits per heavy atom. The van der Waals surface area contributed by atoms with Gasteiger partial charge >= 0.3 is 10.2 Å². The highest BCUT2D eigenvalue weighted by molar-refractivity contribution is 9.10. The number of methoxy groups -OCH3 is 2. The van der Waals surface area contributed by atoms with Gasteiger partial charge in [0.05, 0.1) is 25.7 Å². The second kappa shape index (κ2) is 11.2. The lowest BCUT2D eigenvalue weighted by atomic mass is 9.70. The Kier molecular flexibility index (Phi) is 8.05. The van der Waals surface area contributed by atoms with Crippen LogP contribution in [0.25, 0.3) is 0 Å². The highest BCUT2D eigenvalue weighted by Gasteiger charge is 2.78. The molecule has 42 heavy (non-hydrogen) atoms. The summed E-state index contributed by atoms with van der Waals surface area (Å²) in [6.07, 6.45) is -1.83. The Balaban J connectivity index is 1.81. The summed E-state index contributed by atoms with van der Waals surface area (Å²) < 4.78 is 48.2. The number of carbonyl (C=O) groups excluding carboxylic acids is 1. The summed E-state index contributed by atoms with van der Waals surface area (Å²) in [6.45, 7) is 3.59. The summed E-state index contributed by atoms with van der Waals surface area (Å²) in [6, 6.07) is 19.0. The molecule has 1 saturated carbocycles. The SMILES string of the molecule is CCN(CC)S(=O)(=O)NC(=O)[C@H]1[C@@H](O)[C@@]2(O)c3c(OC)cc(OC)cc3O[C@@]2(c2ccc(Br)cc2)[C@@H]1c1ccccc1. The first-order chi connectivity index (χ1) is 20.0. The molecule has 0 unspecified atom stereocenters. The van der Waals surface area contributed by atoms with Gasteiger partial charge in [0.1, 0.15) is 23.4 Å². The first-order valence-corrected chi connectivity index (χ1v) is 15.7. The fourth-order valence-corrected chi connectivity index (χ4v) is 7.94. The molecule has 1 heterocycles. The minimum Gasteiger partial charge on any atom is -0.496 e. The van der Waals surface area contributed by atoms with Crippen molar-refractivity contribution in [2.45, 2.75) is 37.1 Å². The molecular weight excluding hydrogens is 628 g/mol. The van der Waals surface area contributed by atoms with Gasteiger partial charge in [-0.3, -0.25) is 4.79 Å². The first kappa shape index (κ1) is 30.3. The van der Waals surface area contributed by atoms with Crippen LogP contribution in [0, 0.1) is 5.92 Å². The Bertz CT molecular complexity index is 1580. The van der Waals surface area contributed by atoms with Gasteiger partial charge in [-0.25, -0.2) is 4.72 Å². The van der Waals surface area contributed by atoms with Crippen LogP contribution >= 0.6 is 15.9 Å². The average Bonchev–Trinajstić information content (AvgIpc) is 3.35. The van der Waals surface area contributed by atoms with Crippen LogP contribution in [0.5, 0.6) is 17.2 Å². The number of rotatable bonds is 9. The number of nitrogens with one attached hydrogen (secondary N) is 1. The van der Waals surface area contributed by atoms with Crippen molar-refractivity contribution in [2.24, 2.45) is 5.92 Å². The van der Waals surface area contributed by atoms with Crippen LogP contribution < -0.4 is 18.9 Å². The molecule has 224 valence electrons. The van der Waals surface area contributed by atoms with Crippen LogP contribution in [-0.4, -0.2) is 62.3 Å². The van der Waals surface area contributed by atoms with Gasteiger partial charge in [0.25, 0.3) is 0 Å². The van der Waals surface area contributed by atoms with E-state index < -0.39 is 45.3 Å². The van der Waals surface area contributed by atoms with Crippen molar-refractivity contribution < 1.29 is 37.6 Å². The molecule has 2 aliphatic rings. The van der Waals surface area contributed by atoms with E-state index in [-0.39, 0.29) is 30.2 Å². The van der Waals surface area contributed by atoms with E-state index in [4.69, 9.17) is 14.2 Å². The van der Waals surface area contributed by atoms with E-state index in [2.05, 4.69) is 20.7 Å². The number of ether oxygens (including phenoxy) is 3. The molecule has 3 N–H and O–H groups in total. The number of carbonyl (C=O) groups is 1. The molecule has 3 aromatic rings. The number of hydrogen-bond donors (Lipinski definition) is 3. The molecule has 0 radical (unpaired) electrons. The number of benzene rings is 3. The van der Waals surface area contributed by atoms with E-state index >= 15 is 0 Å². The molecule has 0 aromatic heterocycles. The lowest BCUT2D eigenvalue weighted by Crippen LogP contribution is -2.52. The molecule has 0 spiro atoms. The predicted octanol–water partition coefficient (Wildman–Crippen LogP) is 3.42. The van der Waals surface area contributed by atoms with E-state index in [1.807, 2.05) is 0 Å². The van der Waals surface area contributed by atoms with Gasteiger partial charge in [-0.15, -0.1) is 0 Å². The van der Waals surface area contributed by atoms with Crippen molar-refractivity contribution >= 4 is 32.0 Å². The van der Waals surface area contributed by atoms with Crippen molar-refractivity contribution in [3.63, 3.8) is 0 Å². The number of hydrogen-bond acceptors (Lipinski definition) is 8. The third-order valence-electron chi connectivity index (χ3n) is 8.29. The van der Waals surface area contributed by atoms with E-state index in [9.17, 15) is 23.4 Å². The summed E-state index contributed by atoms with van der Waals surface area (Å²) in [5, 5.41) is 25.1. The topological polar surface area (TPSA) is 135 Å². The summed E-state index contributed by atoms with van der Waals surface area (Å²) >= 11 is 3.45. The van der Waals surface area contributed by atoms with Crippen LogP contribution in [0.4, 0.5) is 0 Å². The van der Waals surface area contributed by atoms with Crippen LogP contribution in [0.2, 0.25) is 0 Å². The van der Waals surface area contributed by atoms with E-state index in [1.54, 1.807) is 80.6 Å². The molecule has 1 fully saturated rings. The minimum absolute atomic E-state index is 0.129. The lowest BCUT2D eigenvalue weighted by molar-refractivity contribution is -0.154. The Hall–Kier alpha value is -3.16. The van der Waals surface area contributed by atoms with Gasteiger partial charge < -0.3 is 24.4 Å². The molecule has 5 rings (SSSR count). The minimum atomic E-state index is -4.25. The number of fused-ring (bicyclic) bond motifs is 3. The number of aliphatic hydroxyl groups excluding tert-OH is 1. The third kappa shape index (κ3) is 4.39. The molecule has 12 heteroatoms. The van der Waals surface area contributed by atoms with Crippen LogP contribution in [0.1, 0.15) is 36.5 Å². The molecule has 10 nitrogen and oxygen atoms in total. The van der Waals surface area contributed by atoms with E-state index in [0.717, 1.165) is 8.78 Å². The molecule has 1 aliphatic heterocycles.